The van der Waals surface area contributed by atoms with Crippen LogP contribution in [0.4, 0.5) is 16.8 Å². The molecule has 1 aliphatic heterocycles. The van der Waals surface area contributed by atoms with Gasteiger partial charge in [-0.3, -0.25) is 9.69 Å². The summed E-state index contributed by atoms with van der Waals surface area (Å²) >= 11 is 1.52. The molecule has 1 fully saturated rings. The number of nitrogens with zero attached hydrogens (tertiary/aromatic N) is 4. The van der Waals surface area contributed by atoms with E-state index in [0.717, 1.165) is 59.4 Å². The Hall–Kier alpha value is -2.84. The number of amides is 1. The molecule has 1 amide bonds. The number of hydrogen-bond acceptors (Lipinski definition) is 7. The number of carbonyl (C=O) groups is 1. The SMILES string of the molecule is Cc1cccnc1Nc1cccc([C@H]2CCCN(CC(=O)Nc3nc(C)c(C)s3)C2)n1. The van der Waals surface area contributed by atoms with Gasteiger partial charge in [0.1, 0.15) is 11.6 Å². The first-order valence-electron chi connectivity index (χ1n) is 10.6. The van der Waals surface area contributed by atoms with Crippen LogP contribution in [0.1, 0.15) is 40.6 Å². The van der Waals surface area contributed by atoms with Gasteiger partial charge in [-0.2, -0.15) is 0 Å². The third kappa shape index (κ3) is 5.45. The van der Waals surface area contributed by atoms with Crippen molar-refractivity contribution in [1.29, 1.82) is 0 Å². The standard InChI is InChI=1S/C23H28N6OS/c1-15-7-5-11-24-22(15)27-20-10-4-9-19(26-20)18-8-6-12-29(13-18)14-21(30)28-23-25-16(2)17(3)31-23/h4-5,7,9-11,18H,6,8,12-14H2,1-3H3,(H,24,26,27)(H,25,28,30)/t18-/m0/s1. The van der Waals surface area contributed by atoms with Gasteiger partial charge in [-0.15, -0.1) is 11.3 Å². The molecule has 31 heavy (non-hydrogen) atoms. The molecular weight excluding hydrogens is 408 g/mol. The fraction of sp³-hybridized carbons (Fsp3) is 0.391. The fourth-order valence-electron chi connectivity index (χ4n) is 3.81. The number of pyridine rings is 2. The van der Waals surface area contributed by atoms with E-state index in [1.165, 1.54) is 11.3 Å². The Morgan fingerprint density at radius 1 is 1.19 bits per heavy atom. The van der Waals surface area contributed by atoms with Crippen LogP contribution in [-0.2, 0) is 4.79 Å². The van der Waals surface area contributed by atoms with Crippen LogP contribution in [-0.4, -0.2) is 45.4 Å². The summed E-state index contributed by atoms with van der Waals surface area (Å²) in [7, 11) is 0. The summed E-state index contributed by atoms with van der Waals surface area (Å²) in [5.74, 6) is 1.91. The molecular formula is C23H28N6OS. The van der Waals surface area contributed by atoms with Crippen molar-refractivity contribution in [2.75, 3.05) is 30.3 Å². The number of aryl methyl sites for hydroxylation is 3. The van der Waals surface area contributed by atoms with Gasteiger partial charge >= 0.3 is 0 Å². The van der Waals surface area contributed by atoms with Crippen LogP contribution in [0, 0.1) is 20.8 Å². The molecule has 0 spiro atoms. The van der Waals surface area contributed by atoms with Gasteiger partial charge in [0, 0.05) is 29.2 Å². The Labute approximate surface area is 187 Å². The van der Waals surface area contributed by atoms with Crippen molar-refractivity contribution in [3.8, 4) is 0 Å². The maximum absolute atomic E-state index is 12.5. The van der Waals surface area contributed by atoms with Gasteiger partial charge in [0.2, 0.25) is 5.91 Å². The van der Waals surface area contributed by atoms with E-state index < -0.39 is 0 Å². The minimum absolute atomic E-state index is 0.0107. The molecule has 8 heteroatoms. The Kier molecular flexibility index (Phi) is 6.58. The Balaban J connectivity index is 1.38. The molecule has 1 saturated heterocycles. The highest BCUT2D eigenvalue weighted by Crippen LogP contribution is 2.27. The summed E-state index contributed by atoms with van der Waals surface area (Å²) < 4.78 is 0. The number of hydrogen-bond donors (Lipinski definition) is 2. The Bertz CT molecular complexity index is 1050. The molecule has 2 N–H and O–H groups in total. The van der Waals surface area contributed by atoms with Gasteiger partial charge in [0.15, 0.2) is 5.13 Å². The van der Waals surface area contributed by atoms with Gasteiger partial charge in [-0.05, 0) is 63.9 Å². The van der Waals surface area contributed by atoms with Crippen molar-refractivity contribution >= 4 is 34.0 Å². The number of anilines is 3. The van der Waals surface area contributed by atoms with E-state index in [4.69, 9.17) is 4.98 Å². The van der Waals surface area contributed by atoms with Crippen LogP contribution >= 0.6 is 11.3 Å². The molecule has 0 radical (unpaired) electrons. The van der Waals surface area contributed by atoms with Crippen molar-refractivity contribution < 1.29 is 4.79 Å². The van der Waals surface area contributed by atoms with Crippen LogP contribution in [0.2, 0.25) is 0 Å². The van der Waals surface area contributed by atoms with Gasteiger partial charge < -0.3 is 10.6 Å². The fourth-order valence-corrected chi connectivity index (χ4v) is 4.65. The minimum Gasteiger partial charge on any atom is -0.325 e. The maximum Gasteiger partial charge on any atom is 0.240 e. The first kappa shape index (κ1) is 21.4. The molecule has 0 bridgehead atoms. The summed E-state index contributed by atoms with van der Waals surface area (Å²) in [4.78, 5) is 29.5. The summed E-state index contributed by atoms with van der Waals surface area (Å²) in [6.07, 6.45) is 3.89. The van der Waals surface area contributed by atoms with E-state index >= 15 is 0 Å². The lowest BCUT2D eigenvalue weighted by Gasteiger charge is -2.32. The van der Waals surface area contributed by atoms with E-state index in [1.54, 1.807) is 6.20 Å². The zero-order chi connectivity index (χ0) is 21.8. The van der Waals surface area contributed by atoms with Gasteiger partial charge in [-0.25, -0.2) is 15.0 Å². The van der Waals surface area contributed by atoms with Crippen LogP contribution in [0.5, 0.6) is 0 Å². The quantitative estimate of drug-likeness (QED) is 0.595. The molecule has 3 aromatic rings. The minimum atomic E-state index is -0.0107. The Morgan fingerprint density at radius 2 is 2.06 bits per heavy atom. The second-order valence-electron chi connectivity index (χ2n) is 8.02. The van der Waals surface area contributed by atoms with Crippen molar-refractivity contribution in [2.24, 2.45) is 0 Å². The number of likely N-dealkylation sites (tertiary alicyclic amines) is 1. The molecule has 1 aliphatic rings. The zero-order valence-electron chi connectivity index (χ0n) is 18.2. The first-order valence-corrected chi connectivity index (χ1v) is 11.4. The monoisotopic (exact) mass is 436 g/mol. The van der Waals surface area contributed by atoms with Crippen molar-refractivity contribution in [3.05, 3.63) is 58.4 Å². The smallest absolute Gasteiger partial charge is 0.240 e. The molecule has 0 unspecified atom stereocenters. The predicted molar refractivity (Wildman–Crippen MR) is 125 cm³/mol. The largest absolute Gasteiger partial charge is 0.325 e. The summed E-state index contributed by atoms with van der Waals surface area (Å²) in [6, 6.07) is 10.0. The highest BCUT2D eigenvalue weighted by Gasteiger charge is 2.24. The molecule has 0 aliphatic carbocycles. The molecule has 4 heterocycles. The summed E-state index contributed by atoms with van der Waals surface area (Å²) in [5, 5.41) is 6.94. The van der Waals surface area contributed by atoms with E-state index in [0.29, 0.717) is 17.6 Å². The van der Waals surface area contributed by atoms with E-state index in [1.807, 2.05) is 45.0 Å². The lowest BCUT2D eigenvalue weighted by molar-refractivity contribution is -0.117. The number of nitrogens with one attached hydrogen (secondary N) is 2. The number of carbonyl (C=O) groups excluding carboxylic acids is 1. The van der Waals surface area contributed by atoms with E-state index in [9.17, 15) is 4.79 Å². The van der Waals surface area contributed by atoms with Crippen molar-refractivity contribution in [1.82, 2.24) is 19.9 Å². The number of thiazole rings is 1. The predicted octanol–water partition coefficient (Wildman–Crippen LogP) is 4.42. The average Bonchev–Trinajstić information content (AvgIpc) is 3.06. The molecule has 0 aromatic carbocycles. The third-order valence-electron chi connectivity index (χ3n) is 5.59. The second kappa shape index (κ2) is 9.53. The number of rotatable bonds is 6. The summed E-state index contributed by atoms with van der Waals surface area (Å²) in [5.41, 5.74) is 3.10. The van der Waals surface area contributed by atoms with Crippen LogP contribution in [0.3, 0.4) is 0 Å². The molecule has 4 rings (SSSR count). The van der Waals surface area contributed by atoms with Crippen LogP contribution in [0.25, 0.3) is 0 Å². The van der Waals surface area contributed by atoms with Crippen LogP contribution < -0.4 is 10.6 Å². The Morgan fingerprint density at radius 3 is 2.84 bits per heavy atom. The lowest BCUT2D eigenvalue weighted by Crippen LogP contribution is -2.40. The number of piperidine rings is 1. The molecule has 7 nitrogen and oxygen atoms in total. The molecule has 162 valence electrons. The third-order valence-corrected chi connectivity index (χ3v) is 6.58. The zero-order valence-corrected chi connectivity index (χ0v) is 19.0. The van der Waals surface area contributed by atoms with Gasteiger partial charge in [0.25, 0.3) is 0 Å². The normalized spacial score (nSPS) is 16.8. The topological polar surface area (TPSA) is 83.0 Å². The maximum atomic E-state index is 12.5. The van der Waals surface area contributed by atoms with E-state index in [2.05, 4.69) is 31.6 Å². The summed E-state index contributed by atoms with van der Waals surface area (Å²) in [6.45, 7) is 8.12. The molecule has 1 atom stereocenters. The van der Waals surface area contributed by atoms with Gasteiger partial charge in [-0.1, -0.05) is 12.1 Å². The van der Waals surface area contributed by atoms with E-state index in [-0.39, 0.29) is 5.91 Å². The van der Waals surface area contributed by atoms with Crippen molar-refractivity contribution in [3.63, 3.8) is 0 Å². The molecule has 3 aromatic heterocycles. The van der Waals surface area contributed by atoms with Crippen molar-refractivity contribution in [2.45, 2.75) is 39.5 Å². The lowest BCUT2D eigenvalue weighted by atomic mass is 9.94. The average molecular weight is 437 g/mol. The van der Waals surface area contributed by atoms with Gasteiger partial charge in [0.05, 0.1) is 12.2 Å². The highest BCUT2D eigenvalue weighted by atomic mass is 32.1. The second-order valence-corrected chi connectivity index (χ2v) is 9.23. The first-order chi connectivity index (χ1) is 15.0. The highest BCUT2D eigenvalue weighted by molar-refractivity contribution is 7.15. The van der Waals surface area contributed by atoms with Crippen LogP contribution in [0.15, 0.2) is 36.5 Å². The number of aromatic nitrogens is 3. The molecule has 0 saturated carbocycles.